The van der Waals surface area contributed by atoms with E-state index in [2.05, 4.69) is 30.5 Å². The molecule has 2 bridgehead atoms. The number of rotatable bonds is 2. The van der Waals surface area contributed by atoms with Gasteiger partial charge in [-0.25, -0.2) is 19.3 Å². The summed E-state index contributed by atoms with van der Waals surface area (Å²) in [7, 11) is 1.58. The number of aryl methyl sites for hydroxylation is 2. The summed E-state index contributed by atoms with van der Waals surface area (Å²) in [5.74, 6) is 1.42. The normalized spacial score (nSPS) is 13.5. The van der Waals surface area contributed by atoms with Gasteiger partial charge in [-0.1, -0.05) is 0 Å². The molecule has 0 radical (unpaired) electrons. The second-order valence-corrected chi connectivity index (χ2v) is 6.78. The van der Waals surface area contributed by atoms with Gasteiger partial charge in [0.05, 0.1) is 30.5 Å². The van der Waals surface area contributed by atoms with E-state index in [-0.39, 0.29) is 0 Å². The number of ether oxygens (including phenoxy) is 2. The summed E-state index contributed by atoms with van der Waals surface area (Å²) < 4.78 is 15.1. The molecule has 29 heavy (non-hydrogen) atoms. The van der Waals surface area contributed by atoms with Crippen LogP contribution in [0, 0.1) is 13.8 Å². The second kappa shape index (κ2) is 6.73. The molecule has 0 fully saturated rings. The summed E-state index contributed by atoms with van der Waals surface area (Å²) in [5.41, 5.74) is 3.99. The summed E-state index contributed by atoms with van der Waals surface area (Å²) in [6.45, 7) is 5.11. The summed E-state index contributed by atoms with van der Waals surface area (Å²) in [6, 6.07) is 3.73. The van der Waals surface area contributed by atoms with Crippen LogP contribution in [0.2, 0.25) is 0 Å². The Labute approximate surface area is 166 Å². The van der Waals surface area contributed by atoms with Crippen LogP contribution in [0.3, 0.4) is 0 Å². The molecule has 5 rings (SSSR count). The molecule has 4 aromatic rings. The third kappa shape index (κ3) is 2.84. The highest BCUT2D eigenvalue weighted by molar-refractivity contribution is 5.79. The third-order valence-corrected chi connectivity index (χ3v) is 4.92. The van der Waals surface area contributed by atoms with Crippen molar-refractivity contribution in [1.82, 2.24) is 34.5 Å². The van der Waals surface area contributed by atoms with E-state index >= 15 is 0 Å². The highest BCUT2D eigenvalue weighted by atomic mass is 16.5. The maximum Gasteiger partial charge on any atom is 0.257 e. The first kappa shape index (κ1) is 17.4. The van der Waals surface area contributed by atoms with Crippen LogP contribution in [-0.4, -0.2) is 48.2 Å². The number of fused-ring (bicyclic) bond motifs is 2. The first-order valence-corrected chi connectivity index (χ1v) is 9.34. The molecule has 0 amide bonds. The van der Waals surface area contributed by atoms with E-state index in [1.807, 2.05) is 30.7 Å². The topological polar surface area (TPSA) is 105 Å². The minimum absolute atomic E-state index is 0.464. The van der Waals surface area contributed by atoms with E-state index in [1.165, 1.54) is 0 Å². The number of pyridine rings is 1. The maximum absolute atomic E-state index is 6.00. The monoisotopic (exact) mass is 392 g/mol. The zero-order valence-electron chi connectivity index (χ0n) is 16.4. The van der Waals surface area contributed by atoms with Gasteiger partial charge >= 0.3 is 0 Å². The van der Waals surface area contributed by atoms with Crippen LogP contribution in [0.4, 0.5) is 11.6 Å². The number of aromatic nitrogens is 7. The average Bonchev–Trinajstić information content (AvgIpc) is 3.21. The fourth-order valence-electron chi connectivity index (χ4n) is 3.47. The molecule has 0 aliphatic carbocycles. The molecular weight excluding hydrogens is 372 g/mol. The molecule has 5 heterocycles. The Kier molecular flexibility index (Phi) is 4.04. The van der Waals surface area contributed by atoms with Crippen molar-refractivity contribution in [2.24, 2.45) is 0 Å². The van der Waals surface area contributed by atoms with Crippen LogP contribution < -0.4 is 14.8 Å². The van der Waals surface area contributed by atoms with Crippen molar-refractivity contribution in [3.05, 3.63) is 35.9 Å². The van der Waals surface area contributed by atoms with Gasteiger partial charge in [-0.05, 0) is 26.0 Å². The lowest BCUT2D eigenvalue weighted by Gasteiger charge is -2.09. The van der Waals surface area contributed by atoms with Gasteiger partial charge in [0.2, 0.25) is 11.8 Å². The van der Waals surface area contributed by atoms with E-state index in [9.17, 15) is 0 Å². The van der Waals surface area contributed by atoms with Crippen molar-refractivity contribution in [2.75, 3.05) is 19.0 Å². The minimum atomic E-state index is 0.464. The lowest BCUT2D eigenvalue weighted by atomic mass is 10.3. The van der Waals surface area contributed by atoms with Crippen molar-refractivity contribution in [3.8, 4) is 17.4 Å². The van der Waals surface area contributed by atoms with Crippen molar-refractivity contribution in [3.63, 3.8) is 0 Å². The number of nitrogens with one attached hydrogen (secondary N) is 1. The highest BCUT2D eigenvalue weighted by Crippen LogP contribution is 2.34. The van der Waals surface area contributed by atoms with Gasteiger partial charge in [0.1, 0.15) is 11.4 Å². The molecule has 0 saturated heterocycles. The van der Waals surface area contributed by atoms with Gasteiger partial charge in [-0.15, -0.1) is 5.10 Å². The quantitative estimate of drug-likeness (QED) is 0.555. The number of methoxy groups -OCH3 is 1. The predicted molar refractivity (Wildman–Crippen MR) is 106 cm³/mol. The number of nitrogens with zero attached hydrogens (tertiary/aromatic N) is 7. The smallest absolute Gasteiger partial charge is 0.257 e. The number of hydrogen-bond donors (Lipinski definition) is 1. The standard InChI is InChI=1S/C19H20N8O2/c1-11-13-10-21-19-22-15-12(2)27(14-6-4-7-20-17(14)28-3)25-18(15)29-9-5-8-26(24-11)16(13)23-19/h4,6-7,10H,5,8-9H2,1-3H3,(H,21,22,23). The molecule has 10 heteroatoms. The van der Waals surface area contributed by atoms with Crippen LogP contribution in [0.25, 0.3) is 16.7 Å². The summed E-state index contributed by atoms with van der Waals surface area (Å²) in [6.07, 6.45) is 4.25. The van der Waals surface area contributed by atoms with Crippen molar-refractivity contribution in [2.45, 2.75) is 26.8 Å². The molecule has 10 nitrogen and oxygen atoms in total. The summed E-state index contributed by atoms with van der Waals surface area (Å²) in [4.78, 5) is 13.4. The number of anilines is 2. The fraction of sp³-hybridized carbons (Fsp3) is 0.316. The van der Waals surface area contributed by atoms with Gasteiger partial charge in [-0.3, -0.25) is 0 Å². The number of hydrogen-bond acceptors (Lipinski definition) is 8. The van der Waals surface area contributed by atoms with Crippen LogP contribution in [-0.2, 0) is 6.54 Å². The van der Waals surface area contributed by atoms with Gasteiger partial charge < -0.3 is 14.8 Å². The Morgan fingerprint density at radius 1 is 1.21 bits per heavy atom. The SMILES string of the molecule is COc1ncccc1-n1nc2c(c1C)Nc1ncc3c(C)nn(c3n1)CCCO2. The molecule has 1 aliphatic rings. The summed E-state index contributed by atoms with van der Waals surface area (Å²) in [5, 5.41) is 13.5. The Hall–Kier alpha value is -3.69. The van der Waals surface area contributed by atoms with Gasteiger partial charge in [0.25, 0.3) is 5.88 Å². The van der Waals surface area contributed by atoms with E-state index in [0.29, 0.717) is 36.5 Å². The maximum atomic E-state index is 6.00. The van der Waals surface area contributed by atoms with E-state index in [4.69, 9.17) is 9.47 Å². The highest BCUT2D eigenvalue weighted by Gasteiger charge is 2.22. The largest absolute Gasteiger partial charge is 0.479 e. The van der Waals surface area contributed by atoms with Crippen LogP contribution in [0.1, 0.15) is 17.8 Å². The van der Waals surface area contributed by atoms with Crippen molar-refractivity contribution in [1.29, 1.82) is 0 Å². The molecular formula is C19H20N8O2. The first-order valence-electron chi connectivity index (χ1n) is 9.34. The Morgan fingerprint density at radius 3 is 2.97 bits per heavy atom. The predicted octanol–water partition coefficient (Wildman–Crippen LogP) is 2.56. The Morgan fingerprint density at radius 2 is 2.10 bits per heavy atom. The first-order chi connectivity index (χ1) is 14.2. The molecule has 1 N–H and O–H groups in total. The molecule has 0 atom stereocenters. The van der Waals surface area contributed by atoms with Crippen LogP contribution >= 0.6 is 0 Å². The lowest BCUT2D eigenvalue weighted by molar-refractivity contribution is 0.288. The van der Waals surface area contributed by atoms with E-state index in [0.717, 1.165) is 34.5 Å². The molecule has 0 saturated carbocycles. The Bertz CT molecular complexity index is 1210. The molecule has 0 unspecified atom stereocenters. The van der Waals surface area contributed by atoms with E-state index in [1.54, 1.807) is 24.2 Å². The third-order valence-electron chi connectivity index (χ3n) is 4.92. The van der Waals surface area contributed by atoms with Gasteiger partial charge in [0, 0.05) is 25.4 Å². The van der Waals surface area contributed by atoms with Crippen LogP contribution in [0.5, 0.6) is 11.8 Å². The Balaban J connectivity index is 1.64. The second-order valence-electron chi connectivity index (χ2n) is 6.78. The minimum Gasteiger partial charge on any atom is -0.479 e. The molecule has 0 spiro atoms. The van der Waals surface area contributed by atoms with Gasteiger partial charge in [-0.2, -0.15) is 10.1 Å². The zero-order valence-corrected chi connectivity index (χ0v) is 16.4. The molecule has 0 aromatic carbocycles. The molecule has 4 aromatic heterocycles. The average molecular weight is 392 g/mol. The fourth-order valence-corrected chi connectivity index (χ4v) is 3.47. The van der Waals surface area contributed by atoms with Crippen LogP contribution in [0.15, 0.2) is 24.5 Å². The molecule has 1 aliphatic heterocycles. The summed E-state index contributed by atoms with van der Waals surface area (Å²) >= 11 is 0. The molecule has 148 valence electrons. The van der Waals surface area contributed by atoms with E-state index < -0.39 is 0 Å². The lowest BCUT2D eigenvalue weighted by Crippen LogP contribution is -2.07. The van der Waals surface area contributed by atoms with Gasteiger partial charge in [0.15, 0.2) is 5.65 Å². The van der Waals surface area contributed by atoms with Crippen molar-refractivity contribution >= 4 is 22.7 Å². The zero-order chi connectivity index (χ0) is 20.0. The van der Waals surface area contributed by atoms with Crippen molar-refractivity contribution < 1.29 is 9.47 Å².